The molecular formula is C26H24N2O2. The van der Waals surface area contributed by atoms with Crippen LogP contribution in [0.2, 0.25) is 0 Å². The van der Waals surface area contributed by atoms with E-state index in [-0.39, 0.29) is 35.5 Å². The summed E-state index contributed by atoms with van der Waals surface area (Å²) in [5.41, 5.74) is 3.73. The van der Waals surface area contributed by atoms with E-state index < -0.39 is 0 Å². The molecule has 4 nitrogen and oxygen atoms in total. The van der Waals surface area contributed by atoms with Crippen LogP contribution in [0.4, 0.5) is 11.4 Å². The Balaban J connectivity index is 1.22. The topological polar surface area (TPSA) is 58.2 Å². The Morgan fingerprint density at radius 3 is 1.33 bits per heavy atom. The fraction of sp³-hybridized carbons (Fsp3) is 0.231. The summed E-state index contributed by atoms with van der Waals surface area (Å²) in [6, 6.07) is 27.7. The Morgan fingerprint density at radius 1 is 0.567 bits per heavy atom. The van der Waals surface area contributed by atoms with Gasteiger partial charge in [0.05, 0.1) is 11.4 Å². The first-order valence-corrected chi connectivity index (χ1v) is 10.5. The van der Waals surface area contributed by atoms with Gasteiger partial charge in [-0.3, -0.25) is 9.59 Å². The van der Waals surface area contributed by atoms with Crippen molar-refractivity contribution in [3.8, 4) is 0 Å². The third kappa shape index (κ3) is 3.86. The van der Waals surface area contributed by atoms with E-state index in [9.17, 15) is 9.59 Å². The average molecular weight is 396 g/mol. The van der Waals surface area contributed by atoms with Gasteiger partial charge in [-0.1, -0.05) is 72.8 Å². The highest BCUT2D eigenvalue weighted by molar-refractivity contribution is 6.02. The van der Waals surface area contributed by atoms with E-state index in [2.05, 4.69) is 34.9 Å². The normalized spacial score (nSPS) is 24.0. The summed E-state index contributed by atoms with van der Waals surface area (Å²) in [6.07, 6.45) is 1.73. The van der Waals surface area contributed by atoms with Gasteiger partial charge in [-0.15, -0.1) is 0 Å². The molecule has 3 aromatic carbocycles. The second kappa shape index (κ2) is 7.79. The van der Waals surface area contributed by atoms with E-state index >= 15 is 0 Å². The first-order valence-electron chi connectivity index (χ1n) is 10.5. The molecule has 5 rings (SSSR count). The van der Waals surface area contributed by atoms with E-state index in [1.54, 1.807) is 0 Å². The highest BCUT2D eigenvalue weighted by Gasteiger charge is 2.45. The molecule has 0 saturated heterocycles. The zero-order valence-electron chi connectivity index (χ0n) is 16.6. The quantitative estimate of drug-likeness (QED) is 0.604. The zero-order chi connectivity index (χ0) is 20.5. The van der Waals surface area contributed by atoms with Crippen LogP contribution in [0.15, 0.2) is 84.9 Å². The molecule has 0 heterocycles. The molecule has 2 fully saturated rings. The number of carbonyl (C=O) groups excluding carboxylic acids is 2. The monoisotopic (exact) mass is 396 g/mol. The van der Waals surface area contributed by atoms with Gasteiger partial charge < -0.3 is 10.6 Å². The Labute approximate surface area is 176 Å². The molecule has 30 heavy (non-hydrogen) atoms. The summed E-state index contributed by atoms with van der Waals surface area (Å²) in [7, 11) is 0. The average Bonchev–Trinajstić information content (AvgIpc) is 3.70. The molecule has 2 amide bonds. The van der Waals surface area contributed by atoms with Crippen molar-refractivity contribution < 1.29 is 9.59 Å². The molecule has 0 aromatic heterocycles. The number of rotatable bonds is 6. The number of amides is 2. The number of benzene rings is 3. The molecule has 0 bridgehead atoms. The van der Waals surface area contributed by atoms with E-state index in [1.165, 1.54) is 11.1 Å². The minimum absolute atomic E-state index is 0.0120. The van der Waals surface area contributed by atoms with Crippen LogP contribution in [0.5, 0.6) is 0 Å². The van der Waals surface area contributed by atoms with Gasteiger partial charge in [0.1, 0.15) is 0 Å². The SMILES string of the molecule is O=C(Nc1ccccc1NC(=O)[C@H]1C[C@@H]1c1ccccc1)[C@H]1C[C@@H]1c1ccccc1. The zero-order valence-corrected chi connectivity index (χ0v) is 16.6. The molecule has 2 saturated carbocycles. The van der Waals surface area contributed by atoms with Crippen LogP contribution in [0.3, 0.4) is 0 Å². The first-order chi connectivity index (χ1) is 14.7. The highest BCUT2D eigenvalue weighted by atomic mass is 16.2. The maximum absolute atomic E-state index is 12.8. The van der Waals surface area contributed by atoms with Gasteiger partial charge in [0.2, 0.25) is 11.8 Å². The van der Waals surface area contributed by atoms with Crippen molar-refractivity contribution in [2.24, 2.45) is 11.8 Å². The summed E-state index contributed by atoms with van der Waals surface area (Å²) in [6.45, 7) is 0. The standard InChI is InChI=1S/C26H24N2O2/c29-25(21-15-19(21)17-9-3-1-4-10-17)27-23-13-7-8-14-24(23)28-26(30)22-16-20(22)18-11-5-2-6-12-18/h1-14,19-22H,15-16H2,(H,27,29)(H,28,30)/t19-,20-,21+,22+/m1/s1. The molecule has 0 spiro atoms. The van der Waals surface area contributed by atoms with Crippen molar-refractivity contribution in [2.45, 2.75) is 24.7 Å². The highest BCUT2D eigenvalue weighted by Crippen LogP contribution is 2.49. The van der Waals surface area contributed by atoms with Crippen LogP contribution in [0.1, 0.15) is 35.8 Å². The van der Waals surface area contributed by atoms with Crippen molar-refractivity contribution in [3.05, 3.63) is 96.1 Å². The summed E-state index contributed by atoms with van der Waals surface area (Å²) < 4.78 is 0. The lowest BCUT2D eigenvalue weighted by atomic mass is 10.1. The largest absolute Gasteiger partial charge is 0.324 e. The number of para-hydroxylation sites is 2. The molecule has 4 atom stereocenters. The molecule has 3 aromatic rings. The Kier molecular flexibility index (Phi) is 4.83. The van der Waals surface area contributed by atoms with Gasteiger partial charge in [-0.05, 0) is 47.9 Å². The van der Waals surface area contributed by atoms with Gasteiger partial charge in [0.25, 0.3) is 0 Å². The number of anilines is 2. The van der Waals surface area contributed by atoms with Crippen LogP contribution in [0.25, 0.3) is 0 Å². The van der Waals surface area contributed by atoms with Crippen LogP contribution in [-0.2, 0) is 9.59 Å². The summed E-state index contributed by atoms with van der Waals surface area (Å²) in [5.74, 6) is 0.569. The minimum Gasteiger partial charge on any atom is -0.324 e. The second-order valence-electron chi connectivity index (χ2n) is 8.24. The Bertz CT molecular complexity index is 978. The third-order valence-electron chi connectivity index (χ3n) is 6.15. The molecule has 0 unspecified atom stereocenters. The van der Waals surface area contributed by atoms with Crippen LogP contribution in [0, 0.1) is 11.8 Å². The number of hydrogen-bond donors (Lipinski definition) is 2. The van der Waals surface area contributed by atoms with Crippen molar-refractivity contribution in [3.63, 3.8) is 0 Å². The van der Waals surface area contributed by atoms with Gasteiger partial charge in [-0.2, -0.15) is 0 Å². The Hall–Kier alpha value is -3.40. The van der Waals surface area contributed by atoms with E-state index in [0.717, 1.165) is 12.8 Å². The maximum Gasteiger partial charge on any atom is 0.228 e. The minimum atomic E-state index is -0.0120. The molecule has 150 valence electrons. The summed E-state index contributed by atoms with van der Waals surface area (Å²) in [4.78, 5) is 25.5. The molecule has 2 aliphatic carbocycles. The number of carbonyl (C=O) groups is 2. The maximum atomic E-state index is 12.8. The van der Waals surface area contributed by atoms with E-state index in [0.29, 0.717) is 11.4 Å². The fourth-order valence-corrected chi connectivity index (χ4v) is 4.26. The lowest BCUT2D eigenvalue weighted by molar-refractivity contribution is -0.118. The first kappa shape index (κ1) is 18.6. The predicted molar refractivity (Wildman–Crippen MR) is 118 cm³/mol. The number of hydrogen-bond acceptors (Lipinski definition) is 2. The van der Waals surface area contributed by atoms with Gasteiger partial charge in [0.15, 0.2) is 0 Å². The molecule has 2 aliphatic rings. The summed E-state index contributed by atoms with van der Waals surface area (Å²) >= 11 is 0. The lowest BCUT2D eigenvalue weighted by Gasteiger charge is -2.12. The van der Waals surface area contributed by atoms with Crippen molar-refractivity contribution in [1.82, 2.24) is 0 Å². The van der Waals surface area contributed by atoms with Crippen molar-refractivity contribution in [1.29, 1.82) is 0 Å². The van der Waals surface area contributed by atoms with Gasteiger partial charge in [-0.25, -0.2) is 0 Å². The molecule has 0 aliphatic heterocycles. The smallest absolute Gasteiger partial charge is 0.228 e. The van der Waals surface area contributed by atoms with Crippen molar-refractivity contribution in [2.75, 3.05) is 10.6 Å². The summed E-state index contributed by atoms with van der Waals surface area (Å²) in [5, 5.41) is 6.05. The predicted octanol–water partition coefficient (Wildman–Crippen LogP) is 5.17. The Morgan fingerprint density at radius 2 is 0.933 bits per heavy atom. The van der Waals surface area contributed by atoms with Crippen LogP contribution >= 0.6 is 0 Å². The molecule has 4 heteroatoms. The molecule has 0 radical (unpaired) electrons. The van der Waals surface area contributed by atoms with Gasteiger partial charge in [0, 0.05) is 11.8 Å². The van der Waals surface area contributed by atoms with Crippen LogP contribution in [-0.4, -0.2) is 11.8 Å². The van der Waals surface area contributed by atoms with E-state index in [4.69, 9.17) is 0 Å². The van der Waals surface area contributed by atoms with Crippen LogP contribution < -0.4 is 10.6 Å². The number of nitrogens with one attached hydrogen (secondary N) is 2. The lowest BCUT2D eigenvalue weighted by Crippen LogP contribution is -2.19. The second-order valence-corrected chi connectivity index (χ2v) is 8.24. The van der Waals surface area contributed by atoms with Crippen molar-refractivity contribution >= 4 is 23.2 Å². The van der Waals surface area contributed by atoms with E-state index in [1.807, 2.05) is 60.7 Å². The fourth-order valence-electron chi connectivity index (χ4n) is 4.26. The third-order valence-corrected chi connectivity index (χ3v) is 6.15. The van der Waals surface area contributed by atoms with Gasteiger partial charge >= 0.3 is 0 Å². The molecule has 2 N–H and O–H groups in total. The molecular weight excluding hydrogens is 372 g/mol.